The molecule has 0 unspecified atom stereocenters. The van der Waals surface area contributed by atoms with Gasteiger partial charge in [0.25, 0.3) is 0 Å². The van der Waals surface area contributed by atoms with Crippen molar-refractivity contribution < 1.29 is 78.4 Å². The van der Waals surface area contributed by atoms with Gasteiger partial charge in [-0.3, -0.25) is 19.3 Å². The third-order valence-corrected chi connectivity index (χ3v) is 5.98. The van der Waals surface area contributed by atoms with E-state index in [9.17, 15) is 33.9 Å². The van der Waals surface area contributed by atoms with Gasteiger partial charge >= 0.3 is 47.6 Å². The van der Waals surface area contributed by atoms with Gasteiger partial charge in [-0.05, 0) is 20.8 Å². The second-order valence-corrected chi connectivity index (χ2v) is 10.3. The average molecular weight is 670 g/mol. The predicted molar refractivity (Wildman–Crippen MR) is 152 cm³/mol. The summed E-state index contributed by atoms with van der Waals surface area (Å²) in [5, 5.41) is 36.6. The number of carboxylic acid groups (broad SMARTS) is 3. The largest absolute Gasteiger partial charge is 1.00 e. The first-order valence-electron chi connectivity index (χ1n) is 12.9. The molecule has 0 aromatic rings. The molecule has 3 amide bonds. The molecule has 0 spiro atoms. The number of carbonyl (C=O) groups is 6. The topological polar surface area (TPSA) is 221 Å². The Morgan fingerprint density at radius 1 is 0.791 bits per heavy atom. The maximum atomic E-state index is 11.9. The zero-order valence-corrected chi connectivity index (χ0v) is 29.0. The van der Waals surface area contributed by atoms with Crippen molar-refractivity contribution in [3.63, 3.8) is 0 Å². The fourth-order valence-corrected chi connectivity index (χ4v) is 3.84. The van der Waals surface area contributed by atoms with E-state index in [1.54, 1.807) is 20.8 Å². The average Bonchev–Trinajstić information content (AvgIpc) is 2.88. The summed E-state index contributed by atoms with van der Waals surface area (Å²) in [5.41, 5.74) is -0.683. The Morgan fingerprint density at radius 2 is 1.33 bits per heavy atom. The van der Waals surface area contributed by atoms with Gasteiger partial charge in [0.15, 0.2) is 0 Å². The van der Waals surface area contributed by atoms with Crippen LogP contribution in [0.15, 0.2) is 0 Å². The van der Waals surface area contributed by atoms with Crippen molar-refractivity contribution in [2.45, 2.75) is 58.3 Å². The Hall–Kier alpha value is -1.92. The van der Waals surface area contributed by atoms with Crippen LogP contribution in [0.2, 0.25) is 0 Å². The Morgan fingerprint density at radius 3 is 1.72 bits per heavy atom. The minimum atomic E-state index is -1.15. The number of piperazine rings is 3. The summed E-state index contributed by atoms with van der Waals surface area (Å²) < 4.78 is 5.17. The number of ether oxygens (including phenoxy) is 1. The molecule has 3 rings (SSSR count). The van der Waals surface area contributed by atoms with Gasteiger partial charge in [0.05, 0.1) is 18.6 Å². The van der Waals surface area contributed by atoms with E-state index < -0.39 is 47.7 Å². The number of carbonyl (C=O) groups excluding carboxylic acids is 4. The summed E-state index contributed by atoms with van der Waals surface area (Å²) in [6, 6.07) is -2.17. The van der Waals surface area contributed by atoms with Crippen LogP contribution in [0.3, 0.4) is 0 Å². The van der Waals surface area contributed by atoms with Crippen LogP contribution in [0.25, 0.3) is 0 Å². The number of halogens is 2. The van der Waals surface area contributed by atoms with Gasteiger partial charge in [-0.25, -0.2) is 9.59 Å². The molecule has 244 valence electrons. The molecule has 0 saturated carbocycles. The number of hydrogen-bond donors (Lipinski definition) is 5. The molecule has 0 aromatic heterocycles. The van der Waals surface area contributed by atoms with E-state index in [-0.39, 0.29) is 85.8 Å². The molecule has 3 saturated heterocycles. The van der Waals surface area contributed by atoms with E-state index >= 15 is 0 Å². The van der Waals surface area contributed by atoms with Crippen LogP contribution >= 0.6 is 24.8 Å². The number of nitrogens with zero attached hydrogens (tertiary/aromatic N) is 3. The SMILES string of the molecule is CC(=O)N1CCN(C(=O)OC(C)(C)C)[C@@H](C(=O)O)C1.CC(=O)N1CCN[C@@H](C(=O)[O-])C1.Cl.Cl.O=C(O)[C@H]1CNCCN1.[Na+]. The molecule has 16 nitrogen and oxygen atoms in total. The van der Waals surface area contributed by atoms with Crippen molar-refractivity contribution in [1.82, 2.24) is 30.7 Å². The van der Waals surface area contributed by atoms with E-state index in [0.29, 0.717) is 26.2 Å². The Kier molecular flexibility index (Phi) is 23.0. The number of rotatable bonds is 3. The molecular formula is C24H43Cl2N6NaO10. The first-order valence-corrected chi connectivity index (χ1v) is 12.9. The normalized spacial score (nSPS) is 21.3. The number of hydrogen-bond acceptors (Lipinski definition) is 11. The minimum Gasteiger partial charge on any atom is -0.548 e. The van der Waals surface area contributed by atoms with Crippen molar-refractivity contribution in [3.05, 3.63) is 0 Å². The maximum absolute atomic E-state index is 11.9. The number of carboxylic acids is 3. The van der Waals surface area contributed by atoms with E-state index in [4.69, 9.17) is 14.9 Å². The van der Waals surface area contributed by atoms with E-state index in [0.717, 1.165) is 18.0 Å². The minimum absolute atomic E-state index is 0. The smallest absolute Gasteiger partial charge is 0.548 e. The molecule has 3 atom stereocenters. The Bertz CT molecular complexity index is 917. The molecule has 0 aliphatic carbocycles. The van der Waals surface area contributed by atoms with Crippen LogP contribution in [0.4, 0.5) is 4.79 Å². The van der Waals surface area contributed by atoms with E-state index in [2.05, 4.69) is 16.0 Å². The number of amides is 3. The zero-order chi connectivity index (χ0) is 30.6. The van der Waals surface area contributed by atoms with Gasteiger partial charge in [-0.15, -0.1) is 24.8 Å². The van der Waals surface area contributed by atoms with Crippen molar-refractivity contribution >= 4 is 60.6 Å². The first-order chi connectivity index (χ1) is 18.5. The molecule has 43 heavy (non-hydrogen) atoms. The second-order valence-electron chi connectivity index (χ2n) is 10.3. The van der Waals surface area contributed by atoms with Crippen LogP contribution in [0, 0.1) is 0 Å². The molecular weight excluding hydrogens is 626 g/mol. The van der Waals surface area contributed by atoms with Crippen LogP contribution in [-0.2, 0) is 28.7 Å². The van der Waals surface area contributed by atoms with Crippen LogP contribution in [0.1, 0.15) is 34.6 Å². The molecule has 19 heteroatoms. The summed E-state index contributed by atoms with van der Waals surface area (Å²) in [6.45, 7) is 11.9. The van der Waals surface area contributed by atoms with Gasteiger partial charge in [-0.1, -0.05) is 0 Å². The predicted octanol–water partition coefficient (Wildman–Crippen LogP) is -5.42. The molecule has 0 radical (unpaired) electrons. The monoisotopic (exact) mass is 668 g/mol. The summed E-state index contributed by atoms with van der Waals surface area (Å²) in [4.78, 5) is 70.0. The zero-order valence-electron chi connectivity index (χ0n) is 25.4. The first kappa shape index (κ1) is 45.5. The molecule has 5 N–H and O–H groups in total. The molecule has 3 heterocycles. The van der Waals surface area contributed by atoms with Crippen molar-refractivity contribution in [2.75, 3.05) is 58.9 Å². The van der Waals surface area contributed by atoms with E-state index in [1.807, 2.05) is 0 Å². The van der Waals surface area contributed by atoms with Crippen LogP contribution in [0.5, 0.6) is 0 Å². The van der Waals surface area contributed by atoms with Crippen LogP contribution in [-0.4, -0.2) is 143 Å². The summed E-state index contributed by atoms with van der Waals surface area (Å²) >= 11 is 0. The van der Waals surface area contributed by atoms with Gasteiger partial charge < -0.3 is 50.6 Å². The van der Waals surface area contributed by atoms with Crippen molar-refractivity contribution in [2.24, 2.45) is 0 Å². The van der Waals surface area contributed by atoms with E-state index in [1.165, 1.54) is 23.6 Å². The molecule has 0 bridgehead atoms. The molecule has 3 aliphatic heterocycles. The van der Waals surface area contributed by atoms with Crippen molar-refractivity contribution in [1.29, 1.82) is 0 Å². The van der Waals surface area contributed by atoms with Gasteiger partial charge in [0.2, 0.25) is 11.8 Å². The van der Waals surface area contributed by atoms with Gasteiger partial charge in [-0.2, -0.15) is 0 Å². The fourth-order valence-electron chi connectivity index (χ4n) is 3.84. The third kappa shape index (κ3) is 17.2. The number of nitrogens with one attached hydrogen (secondary N) is 3. The molecule has 3 aliphatic rings. The molecule has 3 fully saturated rings. The third-order valence-electron chi connectivity index (χ3n) is 5.98. The van der Waals surface area contributed by atoms with Gasteiger partial charge in [0, 0.05) is 66.2 Å². The number of aliphatic carboxylic acids is 3. The standard InChI is InChI=1S/C12H20N2O5.C7H12N2O3.C5H10N2O2.2ClH.Na/c1-8(15)13-5-6-14(9(7-13)10(16)17)11(18)19-12(2,3)4;1-5(10)9-3-2-8-6(4-9)7(11)12;8-5(9)4-3-6-1-2-7-4;;;/h9H,5-7H2,1-4H3,(H,16,17);6,8H,2-4H2,1H3,(H,11,12);4,6-7H,1-3H2,(H,8,9);2*1H;/q;;;;;+1/p-1/t9-;6-;4-;;;/m111.../s1. The van der Waals surface area contributed by atoms with Crippen molar-refractivity contribution in [3.8, 4) is 0 Å². The van der Waals surface area contributed by atoms with Gasteiger partial charge in [0.1, 0.15) is 17.7 Å². The molecule has 0 aromatic carbocycles. The summed E-state index contributed by atoms with van der Waals surface area (Å²) in [6.07, 6.45) is -0.664. The Labute approximate surface area is 285 Å². The quantitative estimate of drug-likeness (QED) is 0.177. The maximum Gasteiger partial charge on any atom is 1.00 e. The summed E-state index contributed by atoms with van der Waals surface area (Å²) in [7, 11) is 0. The second kappa shape index (κ2) is 21.7. The fraction of sp³-hybridized carbons (Fsp3) is 0.750. The van der Waals surface area contributed by atoms with Crippen LogP contribution < -0.4 is 50.6 Å². The Balaban J connectivity index is -0.000000577. The summed E-state index contributed by atoms with van der Waals surface area (Å²) in [5.74, 6) is -3.36.